The van der Waals surface area contributed by atoms with Crippen LogP contribution in [0, 0.1) is 0 Å². The highest BCUT2D eigenvalue weighted by molar-refractivity contribution is 6.30. The average Bonchev–Trinajstić information content (AvgIpc) is 2.83. The van der Waals surface area contributed by atoms with E-state index in [1.54, 1.807) is 0 Å². The third-order valence-electron chi connectivity index (χ3n) is 6.31. The molecule has 0 saturated carbocycles. The van der Waals surface area contributed by atoms with Gasteiger partial charge in [0.2, 0.25) is 0 Å². The van der Waals surface area contributed by atoms with Crippen molar-refractivity contribution < 1.29 is 4.74 Å². The van der Waals surface area contributed by atoms with E-state index in [1.165, 1.54) is 5.56 Å². The Morgan fingerprint density at radius 1 is 1.13 bits per heavy atom. The van der Waals surface area contributed by atoms with Gasteiger partial charge >= 0.3 is 0 Å². The standard InChI is InChI=1S/C24H32ClN5O/c1-2-26-23(30-14-12-29(13-15-30)22-8-3-4-11-27-22)28-19-24(9-16-31-17-10-24)20-6-5-7-21(25)18-20/h3-8,11,18H,2,9-10,12-17,19H2,1H3,(H,26,28). The number of nitrogens with zero attached hydrogens (tertiary/aromatic N) is 4. The summed E-state index contributed by atoms with van der Waals surface area (Å²) in [6, 6.07) is 14.3. The molecule has 1 N–H and O–H groups in total. The SMILES string of the molecule is CCNC(=NCC1(c2cccc(Cl)c2)CCOCC1)N1CCN(c2ccccn2)CC1. The van der Waals surface area contributed by atoms with E-state index in [2.05, 4.69) is 45.2 Å². The van der Waals surface area contributed by atoms with E-state index < -0.39 is 0 Å². The Morgan fingerprint density at radius 2 is 1.94 bits per heavy atom. The van der Waals surface area contributed by atoms with Crippen LogP contribution in [0.5, 0.6) is 0 Å². The molecule has 6 nitrogen and oxygen atoms in total. The molecule has 4 rings (SSSR count). The van der Waals surface area contributed by atoms with E-state index in [0.29, 0.717) is 0 Å². The fraction of sp³-hybridized carbons (Fsp3) is 0.500. The van der Waals surface area contributed by atoms with Crippen molar-refractivity contribution in [3.05, 3.63) is 59.2 Å². The lowest BCUT2D eigenvalue weighted by atomic mass is 9.74. The van der Waals surface area contributed by atoms with E-state index in [4.69, 9.17) is 21.3 Å². The first-order valence-corrected chi connectivity index (χ1v) is 11.6. The zero-order valence-corrected chi connectivity index (χ0v) is 19.0. The summed E-state index contributed by atoms with van der Waals surface area (Å²) in [4.78, 5) is 14.3. The first-order valence-electron chi connectivity index (χ1n) is 11.2. The molecule has 1 aromatic carbocycles. The van der Waals surface area contributed by atoms with Crippen LogP contribution in [0.15, 0.2) is 53.7 Å². The molecule has 2 fully saturated rings. The van der Waals surface area contributed by atoms with Crippen molar-refractivity contribution in [1.82, 2.24) is 15.2 Å². The second-order valence-electron chi connectivity index (χ2n) is 8.24. The smallest absolute Gasteiger partial charge is 0.194 e. The Morgan fingerprint density at radius 3 is 2.61 bits per heavy atom. The van der Waals surface area contributed by atoms with Crippen LogP contribution in [0.25, 0.3) is 0 Å². The van der Waals surface area contributed by atoms with Crippen LogP contribution in [0.3, 0.4) is 0 Å². The molecule has 0 bridgehead atoms. The van der Waals surface area contributed by atoms with Gasteiger partial charge in [-0.15, -0.1) is 0 Å². The predicted molar refractivity (Wildman–Crippen MR) is 127 cm³/mol. The van der Waals surface area contributed by atoms with Gasteiger partial charge in [0.25, 0.3) is 0 Å². The van der Waals surface area contributed by atoms with Gasteiger partial charge in [0.1, 0.15) is 5.82 Å². The topological polar surface area (TPSA) is 53.0 Å². The zero-order chi connectivity index (χ0) is 21.5. The number of hydrogen-bond donors (Lipinski definition) is 1. The molecule has 2 aliphatic heterocycles. The van der Waals surface area contributed by atoms with Gasteiger partial charge in [-0.1, -0.05) is 29.8 Å². The van der Waals surface area contributed by atoms with Crippen molar-refractivity contribution in [1.29, 1.82) is 0 Å². The summed E-state index contributed by atoms with van der Waals surface area (Å²) in [5.74, 6) is 2.04. The van der Waals surface area contributed by atoms with E-state index in [-0.39, 0.29) is 5.41 Å². The average molecular weight is 442 g/mol. The second-order valence-corrected chi connectivity index (χ2v) is 8.67. The Hall–Kier alpha value is -2.31. The van der Waals surface area contributed by atoms with E-state index in [9.17, 15) is 0 Å². The van der Waals surface area contributed by atoms with Gasteiger partial charge in [-0.05, 0) is 49.6 Å². The van der Waals surface area contributed by atoms with Crippen LogP contribution in [-0.2, 0) is 10.2 Å². The van der Waals surface area contributed by atoms with Crippen molar-refractivity contribution in [2.45, 2.75) is 25.2 Å². The maximum absolute atomic E-state index is 6.33. The number of nitrogens with one attached hydrogen (secondary N) is 1. The number of halogens is 1. The van der Waals surface area contributed by atoms with Crippen LogP contribution in [-0.4, -0.2) is 68.3 Å². The number of pyridine rings is 1. The van der Waals surface area contributed by atoms with Gasteiger partial charge in [0.05, 0.1) is 6.54 Å². The van der Waals surface area contributed by atoms with Gasteiger partial charge in [-0.2, -0.15) is 0 Å². The lowest BCUT2D eigenvalue weighted by molar-refractivity contribution is 0.0530. The molecule has 0 radical (unpaired) electrons. The summed E-state index contributed by atoms with van der Waals surface area (Å²) in [5, 5.41) is 4.29. The normalized spacial score (nSPS) is 19.4. The Bertz CT molecular complexity index is 861. The minimum Gasteiger partial charge on any atom is -0.381 e. The van der Waals surface area contributed by atoms with Gasteiger partial charge in [-0.3, -0.25) is 4.99 Å². The van der Waals surface area contributed by atoms with Crippen LogP contribution in [0.2, 0.25) is 5.02 Å². The summed E-state index contributed by atoms with van der Waals surface area (Å²) in [7, 11) is 0. The Labute approximate surface area is 190 Å². The number of guanidine groups is 1. The number of aliphatic imine (C=N–C) groups is 1. The lowest BCUT2D eigenvalue weighted by Crippen LogP contribution is -2.53. The minimum atomic E-state index is -0.0282. The molecule has 2 aromatic rings. The summed E-state index contributed by atoms with van der Waals surface area (Å²) in [6.07, 6.45) is 3.78. The number of anilines is 1. The molecule has 1 aromatic heterocycles. The van der Waals surface area contributed by atoms with E-state index >= 15 is 0 Å². The largest absolute Gasteiger partial charge is 0.381 e. The first kappa shape index (κ1) is 21.9. The van der Waals surface area contributed by atoms with Crippen LogP contribution >= 0.6 is 11.6 Å². The molecule has 0 atom stereocenters. The van der Waals surface area contributed by atoms with Crippen molar-refractivity contribution >= 4 is 23.4 Å². The molecule has 166 valence electrons. The molecule has 0 unspecified atom stereocenters. The molecule has 31 heavy (non-hydrogen) atoms. The number of hydrogen-bond acceptors (Lipinski definition) is 4. The summed E-state index contributed by atoms with van der Waals surface area (Å²) >= 11 is 6.33. The zero-order valence-electron chi connectivity index (χ0n) is 18.3. The molecular formula is C24H32ClN5O. The maximum atomic E-state index is 6.33. The van der Waals surface area contributed by atoms with Gasteiger partial charge in [-0.25, -0.2) is 4.98 Å². The van der Waals surface area contributed by atoms with Crippen molar-refractivity contribution in [3.8, 4) is 0 Å². The van der Waals surface area contributed by atoms with Gasteiger partial charge in [0.15, 0.2) is 5.96 Å². The highest BCUT2D eigenvalue weighted by Gasteiger charge is 2.35. The molecule has 7 heteroatoms. The monoisotopic (exact) mass is 441 g/mol. The number of rotatable bonds is 5. The second kappa shape index (κ2) is 10.3. The van der Waals surface area contributed by atoms with Crippen LogP contribution in [0.1, 0.15) is 25.3 Å². The van der Waals surface area contributed by atoms with Crippen LogP contribution in [0.4, 0.5) is 5.82 Å². The fourth-order valence-electron chi connectivity index (χ4n) is 4.46. The summed E-state index contributed by atoms with van der Waals surface area (Å²) in [6.45, 7) is 8.98. The predicted octanol–water partition coefficient (Wildman–Crippen LogP) is 3.57. The quantitative estimate of drug-likeness (QED) is 0.567. The number of piperazine rings is 1. The number of aromatic nitrogens is 1. The van der Waals surface area contributed by atoms with Gasteiger partial charge in [0, 0.05) is 62.6 Å². The molecular weight excluding hydrogens is 410 g/mol. The van der Waals surface area contributed by atoms with Crippen LogP contribution < -0.4 is 10.2 Å². The molecule has 0 spiro atoms. The molecule has 0 aliphatic carbocycles. The van der Waals surface area contributed by atoms with E-state index in [1.807, 2.05) is 30.5 Å². The van der Waals surface area contributed by atoms with Crippen molar-refractivity contribution in [2.24, 2.45) is 4.99 Å². The van der Waals surface area contributed by atoms with Crippen molar-refractivity contribution in [2.75, 3.05) is 57.4 Å². The molecule has 2 aliphatic rings. The third kappa shape index (κ3) is 5.31. The molecule has 2 saturated heterocycles. The molecule has 0 amide bonds. The first-order chi connectivity index (χ1) is 15.2. The number of ether oxygens (including phenoxy) is 1. The minimum absolute atomic E-state index is 0.0282. The third-order valence-corrected chi connectivity index (χ3v) is 6.54. The summed E-state index contributed by atoms with van der Waals surface area (Å²) in [5.41, 5.74) is 1.24. The Balaban J connectivity index is 1.49. The van der Waals surface area contributed by atoms with E-state index in [0.717, 1.165) is 82.1 Å². The Kier molecular flexibility index (Phi) is 7.30. The lowest BCUT2D eigenvalue weighted by Gasteiger charge is -2.39. The highest BCUT2D eigenvalue weighted by atomic mass is 35.5. The number of benzene rings is 1. The summed E-state index contributed by atoms with van der Waals surface area (Å²) < 4.78 is 5.68. The highest BCUT2D eigenvalue weighted by Crippen LogP contribution is 2.36. The van der Waals surface area contributed by atoms with Crippen molar-refractivity contribution in [3.63, 3.8) is 0 Å². The molecule has 3 heterocycles. The maximum Gasteiger partial charge on any atom is 0.194 e. The van der Waals surface area contributed by atoms with Gasteiger partial charge < -0.3 is 19.9 Å². The fourth-order valence-corrected chi connectivity index (χ4v) is 4.65.